The largest absolute Gasteiger partial charge is 0.368 e. The molecule has 2 N–H and O–H groups in total. The van der Waals surface area contributed by atoms with Crippen LogP contribution in [-0.2, 0) is 10.0 Å². The summed E-state index contributed by atoms with van der Waals surface area (Å²) in [5.41, 5.74) is 4.16. The van der Waals surface area contributed by atoms with Crippen molar-refractivity contribution in [3.05, 3.63) is 53.6 Å². The zero-order valence-electron chi connectivity index (χ0n) is 18.7. The number of hydrogen-bond donors (Lipinski definition) is 2. The molecule has 2 aromatic rings. The molecule has 32 heavy (non-hydrogen) atoms. The van der Waals surface area contributed by atoms with Gasteiger partial charge in [-0.05, 0) is 42.8 Å². The summed E-state index contributed by atoms with van der Waals surface area (Å²) in [5.74, 6) is -0.0719. The van der Waals surface area contributed by atoms with Gasteiger partial charge in [-0.15, -0.1) is 0 Å². The van der Waals surface area contributed by atoms with Crippen molar-refractivity contribution in [2.24, 2.45) is 0 Å². The first-order valence-corrected chi connectivity index (χ1v) is 12.9. The highest BCUT2D eigenvalue weighted by Crippen LogP contribution is 2.29. The second-order valence-electron chi connectivity index (χ2n) is 8.46. The van der Waals surface area contributed by atoms with E-state index in [4.69, 9.17) is 0 Å². The van der Waals surface area contributed by atoms with Crippen molar-refractivity contribution in [2.45, 2.75) is 6.92 Å². The van der Waals surface area contributed by atoms with Gasteiger partial charge in [0.2, 0.25) is 10.0 Å². The van der Waals surface area contributed by atoms with E-state index in [2.05, 4.69) is 51.0 Å². The quantitative estimate of drug-likeness (QED) is 0.712. The Labute approximate surface area is 190 Å². The highest BCUT2D eigenvalue weighted by Gasteiger charge is 2.24. The molecular weight excluding hydrogens is 426 g/mol. The maximum atomic E-state index is 13.2. The van der Waals surface area contributed by atoms with E-state index in [0.29, 0.717) is 24.3 Å². The molecule has 0 radical (unpaired) electrons. The molecule has 2 aliphatic rings. The van der Waals surface area contributed by atoms with Crippen LogP contribution in [0.25, 0.3) is 0 Å². The third-order valence-corrected chi connectivity index (χ3v) is 6.52. The number of rotatable bonds is 5. The van der Waals surface area contributed by atoms with E-state index >= 15 is 0 Å². The van der Waals surface area contributed by atoms with E-state index in [1.807, 2.05) is 11.0 Å². The van der Waals surface area contributed by atoms with Gasteiger partial charge in [-0.3, -0.25) is 9.52 Å². The summed E-state index contributed by atoms with van der Waals surface area (Å²) in [6, 6.07) is 13.7. The Balaban J connectivity index is 1.50. The number of nitrogens with zero attached hydrogens (tertiary/aromatic N) is 3. The van der Waals surface area contributed by atoms with Gasteiger partial charge >= 0.3 is 0 Å². The first-order valence-electron chi connectivity index (χ1n) is 11.0. The Hall–Kier alpha value is -2.78. The van der Waals surface area contributed by atoms with Crippen LogP contribution in [0.2, 0.25) is 0 Å². The van der Waals surface area contributed by atoms with Crippen LogP contribution in [0, 0.1) is 6.92 Å². The van der Waals surface area contributed by atoms with Crippen LogP contribution in [0.15, 0.2) is 42.5 Å². The number of amides is 1. The summed E-state index contributed by atoms with van der Waals surface area (Å²) in [7, 11) is -3.47. The van der Waals surface area contributed by atoms with Gasteiger partial charge < -0.3 is 20.0 Å². The van der Waals surface area contributed by atoms with Gasteiger partial charge in [-0.1, -0.05) is 12.1 Å². The van der Waals surface area contributed by atoms with Crippen molar-refractivity contribution in [3.63, 3.8) is 0 Å². The predicted octanol–water partition coefficient (Wildman–Crippen LogP) is 1.74. The van der Waals surface area contributed by atoms with E-state index in [1.54, 1.807) is 12.1 Å². The van der Waals surface area contributed by atoms with Crippen LogP contribution in [0.5, 0.6) is 0 Å². The lowest BCUT2D eigenvalue weighted by molar-refractivity contribution is 0.0747. The minimum Gasteiger partial charge on any atom is -0.368 e. The highest BCUT2D eigenvalue weighted by molar-refractivity contribution is 7.92. The molecule has 2 saturated heterocycles. The first-order chi connectivity index (χ1) is 15.3. The number of carbonyl (C=O) groups is 1. The average Bonchev–Trinajstić information content (AvgIpc) is 2.78. The number of nitrogens with one attached hydrogen (secondary N) is 2. The van der Waals surface area contributed by atoms with Crippen LogP contribution in [0.3, 0.4) is 0 Å². The average molecular weight is 458 g/mol. The molecule has 0 aromatic heterocycles. The van der Waals surface area contributed by atoms with Crippen molar-refractivity contribution >= 4 is 33.0 Å². The SMILES string of the molecule is Cc1cccc(N2CCN(C(=O)c3ccc(N4CCNCC4)c(NS(C)(=O)=O)c3)CC2)c1. The molecule has 2 heterocycles. The van der Waals surface area contributed by atoms with Gasteiger partial charge in [-0.25, -0.2) is 8.42 Å². The van der Waals surface area contributed by atoms with Crippen molar-refractivity contribution in [1.82, 2.24) is 10.2 Å². The topological polar surface area (TPSA) is 85.0 Å². The van der Waals surface area contributed by atoms with Gasteiger partial charge in [0, 0.05) is 63.6 Å². The molecule has 0 aliphatic carbocycles. The summed E-state index contributed by atoms with van der Waals surface area (Å²) in [6.07, 6.45) is 1.13. The minimum absolute atomic E-state index is 0.0719. The monoisotopic (exact) mass is 457 g/mol. The van der Waals surface area contributed by atoms with Crippen molar-refractivity contribution in [3.8, 4) is 0 Å². The van der Waals surface area contributed by atoms with Crippen molar-refractivity contribution in [1.29, 1.82) is 0 Å². The Kier molecular flexibility index (Phi) is 6.57. The van der Waals surface area contributed by atoms with E-state index in [-0.39, 0.29) is 5.91 Å². The summed E-state index contributed by atoms with van der Waals surface area (Å²) < 4.78 is 26.6. The zero-order chi connectivity index (χ0) is 22.7. The number of benzene rings is 2. The molecule has 2 fully saturated rings. The van der Waals surface area contributed by atoms with Crippen molar-refractivity contribution < 1.29 is 13.2 Å². The maximum absolute atomic E-state index is 13.2. The predicted molar refractivity (Wildman–Crippen MR) is 129 cm³/mol. The minimum atomic E-state index is -3.47. The number of aryl methyl sites for hydroxylation is 1. The van der Waals surface area contributed by atoms with Gasteiger partial charge in [-0.2, -0.15) is 0 Å². The zero-order valence-corrected chi connectivity index (χ0v) is 19.5. The molecule has 2 aromatic carbocycles. The molecule has 0 bridgehead atoms. The first kappa shape index (κ1) is 22.4. The summed E-state index contributed by atoms with van der Waals surface area (Å²) in [4.78, 5) is 19.5. The lowest BCUT2D eigenvalue weighted by Gasteiger charge is -2.36. The number of anilines is 3. The molecule has 4 rings (SSSR count). The molecule has 2 aliphatic heterocycles. The molecule has 0 atom stereocenters. The second kappa shape index (κ2) is 9.38. The van der Waals surface area contributed by atoms with Crippen LogP contribution >= 0.6 is 0 Å². The van der Waals surface area contributed by atoms with Gasteiger partial charge in [0.1, 0.15) is 0 Å². The molecule has 0 unspecified atom stereocenters. The van der Waals surface area contributed by atoms with Crippen LogP contribution < -0.4 is 19.8 Å². The highest BCUT2D eigenvalue weighted by atomic mass is 32.2. The van der Waals surface area contributed by atoms with E-state index in [9.17, 15) is 13.2 Å². The second-order valence-corrected chi connectivity index (χ2v) is 10.2. The normalized spacial score (nSPS) is 17.4. The summed E-state index contributed by atoms with van der Waals surface area (Å²) in [5, 5.41) is 3.30. The van der Waals surface area contributed by atoms with Gasteiger partial charge in [0.05, 0.1) is 17.6 Å². The van der Waals surface area contributed by atoms with Crippen LogP contribution in [0.1, 0.15) is 15.9 Å². The third kappa shape index (κ3) is 5.34. The Morgan fingerprint density at radius 1 is 0.938 bits per heavy atom. The Morgan fingerprint density at radius 3 is 2.31 bits per heavy atom. The molecular formula is C23H31N5O3S. The van der Waals surface area contributed by atoms with Crippen LogP contribution in [-0.4, -0.2) is 77.8 Å². The maximum Gasteiger partial charge on any atom is 0.254 e. The fourth-order valence-electron chi connectivity index (χ4n) is 4.31. The standard InChI is InChI=1S/C23H31N5O3S/c1-18-4-3-5-20(16-18)26-12-14-28(15-13-26)23(29)19-6-7-22(27-10-8-24-9-11-27)21(17-19)25-32(2,30)31/h3-7,16-17,24-25H,8-15H2,1-2H3. The smallest absolute Gasteiger partial charge is 0.254 e. The number of piperazine rings is 2. The lowest BCUT2D eigenvalue weighted by Crippen LogP contribution is -2.48. The molecule has 8 nitrogen and oxygen atoms in total. The van der Waals surface area contributed by atoms with Crippen molar-refractivity contribution in [2.75, 3.05) is 73.1 Å². The van der Waals surface area contributed by atoms with E-state index < -0.39 is 10.0 Å². The Morgan fingerprint density at radius 2 is 1.66 bits per heavy atom. The van der Waals surface area contributed by atoms with Gasteiger partial charge in [0.15, 0.2) is 0 Å². The van der Waals surface area contributed by atoms with E-state index in [0.717, 1.165) is 51.2 Å². The molecule has 0 spiro atoms. The van der Waals surface area contributed by atoms with Crippen LogP contribution in [0.4, 0.5) is 17.1 Å². The summed E-state index contributed by atoms with van der Waals surface area (Å²) >= 11 is 0. The number of carbonyl (C=O) groups excluding carboxylic acids is 1. The Bertz CT molecular complexity index is 1070. The van der Waals surface area contributed by atoms with E-state index in [1.165, 1.54) is 11.3 Å². The third-order valence-electron chi connectivity index (χ3n) is 5.93. The summed E-state index contributed by atoms with van der Waals surface area (Å²) in [6.45, 7) is 8.11. The fourth-order valence-corrected chi connectivity index (χ4v) is 4.87. The molecule has 172 valence electrons. The number of hydrogen-bond acceptors (Lipinski definition) is 6. The molecule has 0 saturated carbocycles. The molecule has 1 amide bonds. The van der Waals surface area contributed by atoms with Gasteiger partial charge in [0.25, 0.3) is 5.91 Å². The number of sulfonamides is 1. The fraction of sp³-hybridized carbons (Fsp3) is 0.435. The molecule has 9 heteroatoms. The lowest BCUT2D eigenvalue weighted by atomic mass is 10.1.